The van der Waals surface area contributed by atoms with Crippen LogP contribution in [0.3, 0.4) is 0 Å². The van der Waals surface area contributed by atoms with Crippen molar-refractivity contribution in [2.45, 2.75) is 43.5 Å². The zero-order valence-electron chi connectivity index (χ0n) is 17.9. The largest absolute Gasteiger partial charge is 0.492 e. The molecule has 0 amide bonds. The van der Waals surface area contributed by atoms with Gasteiger partial charge in [-0.05, 0) is 73.6 Å². The molecule has 7 heteroatoms. The maximum absolute atomic E-state index is 11.5. The number of aryl methyl sites for hydroxylation is 2. The standard InChI is InChI=1S/C23H31N3O3S/c1-17(19-9-8-18-6-4-5-7-20(18)16-19)26-23(24-2)25-14-15-29-21-10-12-22(13-11-21)30(3,27)28/h8-13,16-17H,4-7,14-15H2,1-3H3,(H2,24,25,26). The van der Waals surface area contributed by atoms with E-state index in [2.05, 4.69) is 40.7 Å². The van der Waals surface area contributed by atoms with Crippen LogP contribution in [0.1, 0.15) is 42.5 Å². The molecule has 0 saturated carbocycles. The Hall–Kier alpha value is -2.54. The molecule has 0 bridgehead atoms. The molecule has 0 saturated heterocycles. The SMILES string of the molecule is CN=C(NCCOc1ccc(S(C)(=O)=O)cc1)NC(C)c1ccc2c(c1)CCCC2. The lowest BCUT2D eigenvalue weighted by Crippen LogP contribution is -2.40. The van der Waals surface area contributed by atoms with Crippen LogP contribution in [0.4, 0.5) is 0 Å². The second-order valence-electron chi connectivity index (χ2n) is 7.69. The second kappa shape index (κ2) is 9.98. The number of benzene rings is 2. The predicted octanol–water partition coefficient (Wildman–Crippen LogP) is 3.27. The van der Waals surface area contributed by atoms with Gasteiger partial charge in [0.2, 0.25) is 0 Å². The van der Waals surface area contributed by atoms with E-state index in [1.807, 2.05) is 0 Å². The molecule has 0 heterocycles. The average Bonchev–Trinajstić information content (AvgIpc) is 2.75. The fourth-order valence-electron chi connectivity index (χ4n) is 3.63. The Morgan fingerprint density at radius 3 is 2.47 bits per heavy atom. The van der Waals surface area contributed by atoms with Gasteiger partial charge in [-0.3, -0.25) is 4.99 Å². The van der Waals surface area contributed by atoms with E-state index in [0.717, 1.165) is 5.96 Å². The Morgan fingerprint density at radius 2 is 1.80 bits per heavy atom. The summed E-state index contributed by atoms with van der Waals surface area (Å²) >= 11 is 0. The third kappa shape index (κ3) is 5.98. The Bertz CT molecular complexity index is 985. The van der Waals surface area contributed by atoms with Crippen molar-refractivity contribution >= 4 is 15.8 Å². The third-order valence-corrected chi connectivity index (χ3v) is 6.49. The first-order valence-electron chi connectivity index (χ1n) is 10.4. The molecule has 2 aromatic carbocycles. The average molecular weight is 430 g/mol. The summed E-state index contributed by atoms with van der Waals surface area (Å²) in [4.78, 5) is 4.58. The number of fused-ring (bicyclic) bond motifs is 1. The minimum atomic E-state index is -3.19. The zero-order valence-corrected chi connectivity index (χ0v) is 18.8. The van der Waals surface area contributed by atoms with Crippen LogP contribution in [0.25, 0.3) is 0 Å². The molecular weight excluding hydrogens is 398 g/mol. The summed E-state index contributed by atoms with van der Waals surface area (Å²) in [6, 6.07) is 13.4. The van der Waals surface area contributed by atoms with Crippen LogP contribution in [-0.4, -0.2) is 40.8 Å². The summed E-state index contributed by atoms with van der Waals surface area (Å²) in [7, 11) is -1.44. The molecule has 0 spiro atoms. The quantitative estimate of drug-likeness (QED) is 0.401. The van der Waals surface area contributed by atoms with E-state index in [4.69, 9.17) is 4.74 Å². The number of ether oxygens (including phenoxy) is 1. The minimum absolute atomic E-state index is 0.146. The lowest BCUT2D eigenvalue weighted by Gasteiger charge is -2.21. The van der Waals surface area contributed by atoms with E-state index in [0.29, 0.717) is 18.9 Å². The Morgan fingerprint density at radius 1 is 1.10 bits per heavy atom. The second-order valence-corrected chi connectivity index (χ2v) is 9.71. The summed E-state index contributed by atoms with van der Waals surface area (Å²) in [5.74, 6) is 1.35. The molecule has 2 aromatic rings. The monoisotopic (exact) mass is 429 g/mol. The number of sulfone groups is 1. The number of nitrogens with one attached hydrogen (secondary N) is 2. The van der Waals surface area contributed by atoms with Gasteiger partial charge in [0.15, 0.2) is 15.8 Å². The topological polar surface area (TPSA) is 79.8 Å². The Labute approximate surface area is 179 Å². The van der Waals surface area contributed by atoms with Gasteiger partial charge in [0, 0.05) is 13.3 Å². The Kier molecular flexibility index (Phi) is 7.37. The van der Waals surface area contributed by atoms with Gasteiger partial charge in [0.25, 0.3) is 0 Å². The van der Waals surface area contributed by atoms with Crippen molar-refractivity contribution in [2.24, 2.45) is 4.99 Å². The van der Waals surface area contributed by atoms with Gasteiger partial charge in [-0.15, -0.1) is 0 Å². The van der Waals surface area contributed by atoms with Gasteiger partial charge in [-0.1, -0.05) is 18.2 Å². The van der Waals surface area contributed by atoms with Crippen LogP contribution < -0.4 is 15.4 Å². The van der Waals surface area contributed by atoms with Crippen molar-refractivity contribution in [2.75, 3.05) is 26.5 Å². The van der Waals surface area contributed by atoms with E-state index in [9.17, 15) is 8.42 Å². The molecule has 6 nitrogen and oxygen atoms in total. The molecule has 0 aliphatic heterocycles. The highest BCUT2D eigenvalue weighted by Gasteiger charge is 2.13. The first kappa shape index (κ1) is 22.2. The summed E-state index contributed by atoms with van der Waals surface area (Å²) in [5.41, 5.74) is 4.23. The highest BCUT2D eigenvalue weighted by molar-refractivity contribution is 7.90. The van der Waals surface area contributed by atoms with Crippen molar-refractivity contribution < 1.29 is 13.2 Å². The lowest BCUT2D eigenvalue weighted by atomic mass is 9.89. The highest BCUT2D eigenvalue weighted by Crippen LogP contribution is 2.24. The smallest absolute Gasteiger partial charge is 0.191 e. The van der Waals surface area contributed by atoms with Crippen molar-refractivity contribution in [1.82, 2.24) is 10.6 Å². The van der Waals surface area contributed by atoms with Gasteiger partial charge in [0.05, 0.1) is 17.5 Å². The number of hydrogen-bond donors (Lipinski definition) is 2. The van der Waals surface area contributed by atoms with Gasteiger partial charge in [-0.25, -0.2) is 8.42 Å². The molecule has 0 aromatic heterocycles. The maximum Gasteiger partial charge on any atom is 0.191 e. The highest BCUT2D eigenvalue weighted by atomic mass is 32.2. The van der Waals surface area contributed by atoms with E-state index in [-0.39, 0.29) is 10.9 Å². The van der Waals surface area contributed by atoms with E-state index in [1.54, 1.807) is 31.3 Å². The van der Waals surface area contributed by atoms with Gasteiger partial charge < -0.3 is 15.4 Å². The van der Waals surface area contributed by atoms with Crippen LogP contribution >= 0.6 is 0 Å². The third-order valence-electron chi connectivity index (χ3n) is 5.36. The Balaban J connectivity index is 1.46. The molecule has 0 fully saturated rings. The first-order chi connectivity index (χ1) is 14.4. The van der Waals surface area contributed by atoms with Gasteiger partial charge in [-0.2, -0.15) is 0 Å². The van der Waals surface area contributed by atoms with Crippen molar-refractivity contribution in [1.29, 1.82) is 0 Å². The number of guanidine groups is 1. The number of aliphatic imine (C=N–C) groups is 1. The molecule has 30 heavy (non-hydrogen) atoms. The normalized spacial score (nSPS) is 15.2. The molecule has 162 valence electrons. The summed E-state index contributed by atoms with van der Waals surface area (Å²) in [6.07, 6.45) is 6.12. The molecular formula is C23H31N3O3S. The molecule has 1 aliphatic carbocycles. The predicted molar refractivity (Wildman–Crippen MR) is 121 cm³/mol. The summed E-state index contributed by atoms with van der Waals surface area (Å²) in [6.45, 7) is 3.15. The fraction of sp³-hybridized carbons (Fsp3) is 0.435. The molecule has 1 aliphatic rings. The molecule has 0 radical (unpaired) electrons. The fourth-order valence-corrected chi connectivity index (χ4v) is 4.26. The van der Waals surface area contributed by atoms with E-state index in [1.165, 1.54) is 48.6 Å². The van der Waals surface area contributed by atoms with Crippen molar-refractivity contribution in [3.63, 3.8) is 0 Å². The van der Waals surface area contributed by atoms with Gasteiger partial charge >= 0.3 is 0 Å². The molecule has 1 unspecified atom stereocenters. The molecule has 3 rings (SSSR count). The van der Waals surface area contributed by atoms with E-state index >= 15 is 0 Å². The van der Waals surface area contributed by atoms with Crippen LogP contribution in [0.5, 0.6) is 5.75 Å². The number of hydrogen-bond acceptors (Lipinski definition) is 4. The molecule has 2 N–H and O–H groups in total. The van der Waals surface area contributed by atoms with Crippen LogP contribution in [0.2, 0.25) is 0 Å². The summed E-state index contributed by atoms with van der Waals surface area (Å²) in [5, 5.41) is 6.69. The minimum Gasteiger partial charge on any atom is -0.492 e. The molecule has 1 atom stereocenters. The van der Waals surface area contributed by atoms with E-state index < -0.39 is 9.84 Å². The van der Waals surface area contributed by atoms with Crippen molar-refractivity contribution in [3.05, 3.63) is 59.2 Å². The van der Waals surface area contributed by atoms with Crippen LogP contribution in [0.15, 0.2) is 52.4 Å². The maximum atomic E-state index is 11.5. The lowest BCUT2D eigenvalue weighted by molar-refractivity contribution is 0.321. The van der Waals surface area contributed by atoms with Crippen LogP contribution in [-0.2, 0) is 22.7 Å². The number of nitrogens with zero attached hydrogens (tertiary/aromatic N) is 1. The van der Waals surface area contributed by atoms with Crippen molar-refractivity contribution in [3.8, 4) is 5.75 Å². The van der Waals surface area contributed by atoms with Gasteiger partial charge in [0.1, 0.15) is 12.4 Å². The number of rotatable bonds is 7. The first-order valence-corrected chi connectivity index (χ1v) is 12.3. The zero-order chi connectivity index (χ0) is 21.6. The summed E-state index contributed by atoms with van der Waals surface area (Å²) < 4.78 is 28.7. The van der Waals surface area contributed by atoms with Crippen LogP contribution in [0, 0.1) is 0 Å².